The van der Waals surface area contributed by atoms with Gasteiger partial charge in [-0.15, -0.1) is 0 Å². The summed E-state index contributed by atoms with van der Waals surface area (Å²) in [6.45, 7) is 0. The molecule has 2 rings (SSSR count). The fourth-order valence-corrected chi connectivity index (χ4v) is 1.78. The number of aromatic nitrogens is 1. The molecule has 5 heteroatoms. The van der Waals surface area contributed by atoms with Gasteiger partial charge in [-0.1, -0.05) is 12.1 Å². The Bertz CT molecular complexity index is 516. The van der Waals surface area contributed by atoms with Crippen molar-refractivity contribution in [2.24, 2.45) is 5.84 Å². The maximum Gasteiger partial charge on any atom is 0.142 e. The Morgan fingerprint density at radius 1 is 1.28 bits per heavy atom. The summed E-state index contributed by atoms with van der Waals surface area (Å²) < 4.78 is 18.2. The number of benzene rings is 1. The number of nitrogens with zero attached hydrogens (tertiary/aromatic N) is 1. The molecule has 3 N–H and O–H groups in total. The minimum atomic E-state index is -0.346. The average molecular weight is 247 g/mol. The molecule has 0 spiro atoms. The van der Waals surface area contributed by atoms with E-state index >= 15 is 0 Å². The predicted octanol–water partition coefficient (Wildman–Crippen LogP) is 1.78. The van der Waals surface area contributed by atoms with Gasteiger partial charge in [0, 0.05) is 6.20 Å². The van der Waals surface area contributed by atoms with Crippen LogP contribution in [0.5, 0.6) is 5.75 Å². The van der Waals surface area contributed by atoms with Crippen LogP contribution < -0.4 is 16.0 Å². The summed E-state index contributed by atoms with van der Waals surface area (Å²) in [6, 6.07) is 9.32. The van der Waals surface area contributed by atoms with Crippen molar-refractivity contribution >= 4 is 0 Å². The molecule has 0 aliphatic heterocycles. The molecule has 0 aliphatic carbocycles. The number of ether oxygens (including phenoxy) is 1. The van der Waals surface area contributed by atoms with Crippen LogP contribution >= 0.6 is 0 Å². The molecule has 2 aromatic rings. The molecule has 1 aromatic heterocycles. The van der Waals surface area contributed by atoms with Gasteiger partial charge >= 0.3 is 0 Å². The lowest BCUT2D eigenvalue weighted by Crippen LogP contribution is -2.29. The van der Waals surface area contributed by atoms with Crippen LogP contribution in [-0.4, -0.2) is 12.1 Å². The third-order valence-electron chi connectivity index (χ3n) is 2.66. The molecule has 0 amide bonds. The first-order valence-corrected chi connectivity index (χ1v) is 5.46. The molecule has 0 saturated heterocycles. The lowest BCUT2D eigenvalue weighted by Gasteiger charge is -2.18. The first-order chi connectivity index (χ1) is 8.76. The fraction of sp³-hybridized carbons (Fsp3) is 0.154. The summed E-state index contributed by atoms with van der Waals surface area (Å²) in [4.78, 5) is 4.26. The first kappa shape index (κ1) is 12.5. The van der Waals surface area contributed by atoms with E-state index in [4.69, 9.17) is 10.6 Å². The zero-order valence-electron chi connectivity index (χ0n) is 9.93. The molecular formula is C13H14FN3O. The van der Waals surface area contributed by atoms with E-state index in [1.54, 1.807) is 37.6 Å². The molecule has 0 aliphatic rings. The van der Waals surface area contributed by atoms with Gasteiger partial charge in [0.15, 0.2) is 0 Å². The van der Waals surface area contributed by atoms with E-state index in [-0.39, 0.29) is 11.9 Å². The minimum absolute atomic E-state index is 0.289. The van der Waals surface area contributed by atoms with Crippen LogP contribution in [-0.2, 0) is 0 Å². The molecule has 1 unspecified atom stereocenters. The second kappa shape index (κ2) is 5.57. The molecular weight excluding hydrogens is 233 g/mol. The molecule has 0 fully saturated rings. The van der Waals surface area contributed by atoms with Crippen molar-refractivity contribution in [2.75, 3.05) is 7.11 Å². The van der Waals surface area contributed by atoms with Crippen LogP contribution in [0.25, 0.3) is 0 Å². The van der Waals surface area contributed by atoms with E-state index in [9.17, 15) is 4.39 Å². The predicted molar refractivity (Wildman–Crippen MR) is 66.4 cm³/mol. The quantitative estimate of drug-likeness (QED) is 0.638. The summed E-state index contributed by atoms with van der Waals surface area (Å²) in [5.41, 5.74) is 4.14. The summed E-state index contributed by atoms with van der Waals surface area (Å²) in [7, 11) is 1.57. The zero-order valence-corrected chi connectivity index (χ0v) is 9.93. The number of halogens is 1. The van der Waals surface area contributed by atoms with E-state index in [2.05, 4.69) is 10.4 Å². The Balaban J connectivity index is 2.41. The van der Waals surface area contributed by atoms with Gasteiger partial charge in [-0.25, -0.2) is 9.82 Å². The van der Waals surface area contributed by atoms with Crippen LogP contribution in [0.15, 0.2) is 42.6 Å². The van der Waals surface area contributed by atoms with Crippen molar-refractivity contribution < 1.29 is 9.13 Å². The molecule has 1 atom stereocenters. The Kier molecular flexibility index (Phi) is 3.86. The third kappa shape index (κ3) is 2.47. The molecule has 1 aromatic carbocycles. The number of methoxy groups -OCH3 is 1. The SMILES string of the molecule is COc1cccnc1C(NN)c1ccc(F)cc1. The van der Waals surface area contributed by atoms with Crippen LogP contribution in [0, 0.1) is 5.82 Å². The second-order valence-electron chi connectivity index (χ2n) is 3.74. The highest BCUT2D eigenvalue weighted by atomic mass is 19.1. The molecule has 18 heavy (non-hydrogen) atoms. The maximum atomic E-state index is 12.9. The van der Waals surface area contributed by atoms with Crippen molar-refractivity contribution in [3.8, 4) is 5.75 Å². The van der Waals surface area contributed by atoms with Crippen LogP contribution in [0.3, 0.4) is 0 Å². The number of nitrogens with one attached hydrogen (secondary N) is 1. The second-order valence-corrected chi connectivity index (χ2v) is 3.74. The number of hydrogen-bond acceptors (Lipinski definition) is 4. The van der Waals surface area contributed by atoms with Gasteiger partial charge in [0.1, 0.15) is 17.3 Å². The average Bonchev–Trinajstić information content (AvgIpc) is 2.42. The number of pyridine rings is 1. The van der Waals surface area contributed by atoms with Gasteiger partial charge in [0.2, 0.25) is 0 Å². The van der Waals surface area contributed by atoms with E-state index in [0.717, 1.165) is 5.56 Å². The van der Waals surface area contributed by atoms with E-state index in [1.807, 2.05) is 0 Å². The van der Waals surface area contributed by atoms with Crippen LogP contribution in [0.4, 0.5) is 4.39 Å². The molecule has 4 nitrogen and oxygen atoms in total. The monoisotopic (exact) mass is 247 g/mol. The van der Waals surface area contributed by atoms with Crippen molar-refractivity contribution in [3.05, 3.63) is 59.7 Å². The van der Waals surface area contributed by atoms with Gasteiger partial charge in [0.25, 0.3) is 0 Å². The molecule has 94 valence electrons. The molecule has 0 radical (unpaired) electrons. The number of rotatable bonds is 4. The van der Waals surface area contributed by atoms with Gasteiger partial charge in [-0.3, -0.25) is 10.8 Å². The number of hydrazine groups is 1. The standard InChI is InChI=1S/C13H14FN3O/c1-18-11-3-2-8-16-13(11)12(17-15)9-4-6-10(14)7-5-9/h2-8,12,17H,15H2,1H3. The highest BCUT2D eigenvalue weighted by Crippen LogP contribution is 2.27. The van der Waals surface area contributed by atoms with Gasteiger partial charge in [0.05, 0.1) is 13.2 Å². The van der Waals surface area contributed by atoms with Crippen LogP contribution in [0.2, 0.25) is 0 Å². The number of hydrogen-bond donors (Lipinski definition) is 2. The molecule has 0 bridgehead atoms. The topological polar surface area (TPSA) is 60.2 Å². The fourth-order valence-electron chi connectivity index (χ4n) is 1.78. The van der Waals surface area contributed by atoms with Gasteiger partial charge in [-0.05, 0) is 29.8 Å². The largest absolute Gasteiger partial charge is 0.495 e. The van der Waals surface area contributed by atoms with Crippen molar-refractivity contribution in [1.29, 1.82) is 0 Å². The van der Waals surface area contributed by atoms with E-state index < -0.39 is 0 Å². The Hall–Kier alpha value is -1.98. The van der Waals surface area contributed by atoms with Crippen LogP contribution in [0.1, 0.15) is 17.3 Å². The minimum Gasteiger partial charge on any atom is -0.495 e. The molecule has 0 saturated carbocycles. The van der Waals surface area contributed by atoms with Crippen molar-refractivity contribution in [3.63, 3.8) is 0 Å². The summed E-state index contributed by atoms with van der Waals surface area (Å²) in [5.74, 6) is 5.90. The Morgan fingerprint density at radius 3 is 2.61 bits per heavy atom. The lowest BCUT2D eigenvalue weighted by molar-refractivity contribution is 0.400. The summed E-state index contributed by atoms with van der Waals surface area (Å²) >= 11 is 0. The van der Waals surface area contributed by atoms with E-state index in [0.29, 0.717) is 11.4 Å². The smallest absolute Gasteiger partial charge is 0.142 e. The highest BCUT2D eigenvalue weighted by Gasteiger charge is 2.18. The normalized spacial score (nSPS) is 12.2. The summed E-state index contributed by atoms with van der Waals surface area (Å²) in [5, 5.41) is 0. The number of nitrogens with two attached hydrogens (primary N) is 1. The lowest BCUT2D eigenvalue weighted by atomic mass is 10.0. The summed E-state index contributed by atoms with van der Waals surface area (Å²) in [6.07, 6.45) is 1.66. The Morgan fingerprint density at radius 2 is 2.00 bits per heavy atom. The zero-order chi connectivity index (χ0) is 13.0. The Labute approximate surface area is 105 Å². The maximum absolute atomic E-state index is 12.9. The first-order valence-electron chi connectivity index (χ1n) is 5.46. The van der Waals surface area contributed by atoms with Gasteiger partial charge in [-0.2, -0.15) is 0 Å². The van der Waals surface area contributed by atoms with Crippen molar-refractivity contribution in [2.45, 2.75) is 6.04 Å². The van der Waals surface area contributed by atoms with E-state index in [1.165, 1.54) is 12.1 Å². The van der Waals surface area contributed by atoms with Gasteiger partial charge < -0.3 is 4.74 Å². The highest BCUT2D eigenvalue weighted by molar-refractivity contribution is 5.36. The molecule has 1 heterocycles. The third-order valence-corrected chi connectivity index (χ3v) is 2.66. The van der Waals surface area contributed by atoms with Crippen molar-refractivity contribution in [1.82, 2.24) is 10.4 Å².